The number of pyridine rings is 1. The molecular weight excluding hydrogens is 795 g/mol. The Bertz CT molecular complexity index is 1990. The van der Waals surface area contributed by atoms with Gasteiger partial charge < -0.3 is 29.4 Å². The maximum Gasteiger partial charge on any atom is 0.411 e. The SMILES string of the molecule is COC(=O)Nc1ccc(S(=O)(=O)I)c([C@H]2CCCN2C(=O)[C@H](Nc2ccc3c(Br)c[nH]c(=O)c3c2)c2ccc(OC)c(OC)c2)c1. The average Bonchev–Trinajstić information content (AvgIpc) is 3.54. The number of hydrogen-bond donors (Lipinski definition) is 3. The van der Waals surface area contributed by atoms with Crippen LogP contribution in [0.1, 0.15) is 36.1 Å². The number of rotatable bonds is 9. The maximum absolute atomic E-state index is 14.6. The van der Waals surface area contributed by atoms with E-state index in [1.54, 1.807) is 53.6 Å². The fourth-order valence-electron chi connectivity index (χ4n) is 5.60. The van der Waals surface area contributed by atoms with Crippen molar-refractivity contribution in [3.8, 4) is 11.5 Å². The second-order valence-corrected chi connectivity index (χ2v) is 16.1. The second kappa shape index (κ2) is 13.9. The number of benzene rings is 3. The molecule has 15 heteroatoms. The van der Waals surface area contributed by atoms with E-state index < -0.39 is 25.2 Å². The summed E-state index contributed by atoms with van der Waals surface area (Å²) in [4.78, 5) is 43.6. The fraction of sp³-hybridized carbons (Fsp3) is 0.258. The number of aromatic amines is 1. The second-order valence-electron chi connectivity index (χ2n) is 10.4. The molecule has 1 aromatic heterocycles. The predicted octanol–water partition coefficient (Wildman–Crippen LogP) is 6.13. The van der Waals surface area contributed by atoms with E-state index >= 15 is 0 Å². The molecule has 1 fully saturated rings. The van der Waals surface area contributed by atoms with Crippen LogP contribution < -0.4 is 25.7 Å². The summed E-state index contributed by atoms with van der Waals surface area (Å²) in [6.45, 7) is 0.356. The number of fused-ring (bicyclic) bond motifs is 1. The largest absolute Gasteiger partial charge is 0.493 e. The highest BCUT2D eigenvalue weighted by Crippen LogP contribution is 2.41. The Labute approximate surface area is 285 Å². The molecule has 2 atom stereocenters. The average molecular weight is 825 g/mol. The number of nitrogens with zero attached hydrogens (tertiary/aromatic N) is 1. The Morgan fingerprint density at radius 2 is 1.74 bits per heavy atom. The molecule has 0 saturated carbocycles. The first kappa shape index (κ1) is 33.5. The van der Waals surface area contributed by atoms with Crippen LogP contribution in [0.3, 0.4) is 0 Å². The number of carbonyl (C=O) groups is 2. The van der Waals surface area contributed by atoms with Crippen LogP contribution in [-0.4, -0.2) is 58.2 Å². The molecule has 5 rings (SSSR count). The fourth-order valence-corrected chi connectivity index (χ4v) is 7.97. The molecule has 0 bridgehead atoms. The lowest BCUT2D eigenvalue weighted by atomic mass is 10.0. The van der Waals surface area contributed by atoms with Crippen molar-refractivity contribution in [1.29, 1.82) is 0 Å². The smallest absolute Gasteiger partial charge is 0.411 e. The van der Waals surface area contributed by atoms with Gasteiger partial charge in [-0.3, -0.25) is 14.9 Å². The molecule has 0 radical (unpaired) electrons. The Morgan fingerprint density at radius 3 is 2.43 bits per heavy atom. The van der Waals surface area contributed by atoms with E-state index in [9.17, 15) is 22.8 Å². The molecule has 242 valence electrons. The number of amides is 2. The number of carbonyl (C=O) groups excluding carboxylic acids is 2. The summed E-state index contributed by atoms with van der Waals surface area (Å²) in [7, 11) is 0.505. The first-order valence-corrected chi connectivity index (χ1v) is 18.8. The van der Waals surface area contributed by atoms with E-state index in [1.807, 2.05) is 0 Å². The van der Waals surface area contributed by atoms with Gasteiger partial charge in [0.15, 0.2) is 11.5 Å². The minimum Gasteiger partial charge on any atom is -0.493 e. The summed E-state index contributed by atoms with van der Waals surface area (Å²) < 4.78 is 42.1. The molecule has 12 nitrogen and oxygen atoms in total. The highest BCUT2D eigenvalue weighted by Gasteiger charge is 2.37. The van der Waals surface area contributed by atoms with Crippen molar-refractivity contribution < 1.29 is 32.2 Å². The van der Waals surface area contributed by atoms with Crippen LogP contribution in [0.15, 0.2) is 75.0 Å². The number of likely N-dealkylation sites (tertiary alicyclic amines) is 1. The van der Waals surface area contributed by atoms with Gasteiger partial charge in [0.25, 0.3) is 5.56 Å². The third-order valence-electron chi connectivity index (χ3n) is 7.75. The van der Waals surface area contributed by atoms with E-state index in [0.29, 0.717) is 68.6 Å². The Morgan fingerprint density at radius 1 is 1.00 bits per heavy atom. The predicted molar refractivity (Wildman–Crippen MR) is 186 cm³/mol. The number of halogens is 2. The van der Waals surface area contributed by atoms with E-state index in [1.165, 1.54) is 54.7 Å². The highest BCUT2D eigenvalue weighted by molar-refractivity contribution is 14.2. The molecule has 4 aromatic rings. The molecule has 2 amide bonds. The molecule has 1 aliphatic heterocycles. The zero-order chi connectivity index (χ0) is 33.2. The van der Waals surface area contributed by atoms with Crippen molar-refractivity contribution in [2.45, 2.75) is 29.8 Å². The van der Waals surface area contributed by atoms with Crippen molar-refractivity contribution in [2.24, 2.45) is 0 Å². The quantitative estimate of drug-likeness (QED) is 0.134. The Kier molecular flexibility index (Phi) is 10.1. The van der Waals surface area contributed by atoms with Crippen LogP contribution in [0, 0.1) is 0 Å². The van der Waals surface area contributed by atoms with E-state index in [-0.39, 0.29) is 16.4 Å². The van der Waals surface area contributed by atoms with E-state index in [2.05, 4.69) is 31.5 Å². The van der Waals surface area contributed by atoms with Crippen molar-refractivity contribution >= 4 is 78.3 Å². The van der Waals surface area contributed by atoms with Crippen molar-refractivity contribution in [3.63, 3.8) is 0 Å². The summed E-state index contributed by atoms with van der Waals surface area (Å²) in [5, 5.41) is 7.01. The van der Waals surface area contributed by atoms with Crippen LogP contribution in [0.4, 0.5) is 16.2 Å². The molecule has 0 spiro atoms. The highest BCUT2D eigenvalue weighted by atomic mass is 127. The van der Waals surface area contributed by atoms with Gasteiger partial charge in [0, 0.05) is 34.0 Å². The van der Waals surface area contributed by atoms with Gasteiger partial charge in [-0.1, -0.05) is 12.1 Å². The van der Waals surface area contributed by atoms with E-state index in [0.717, 1.165) is 0 Å². The minimum atomic E-state index is -3.73. The summed E-state index contributed by atoms with van der Waals surface area (Å²) in [6.07, 6.45) is 1.96. The standard InChI is InChI=1S/C31H30BrIN4O8S/c1-43-25-10-6-17(13-26(25)44-2)28(35-18-7-9-20-21(14-18)29(38)34-16-23(20)32)30(39)37-12-4-5-24(37)22-15-19(36-31(40)45-3)8-11-27(22)46(33,41)42/h6-11,13-16,24,28,35H,4-5,12H2,1-3H3,(H,34,38)(H,36,40)/t24-,28-/m1/s1. The van der Waals surface area contributed by atoms with Crippen LogP contribution in [0.2, 0.25) is 0 Å². The molecule has 46 heavy (non-hydrogen) atoms. The zero-order valence-corrected chi connectivity index (χ0v) is 29.5. The molecule has 0 aliphatic carbocycles. The first-order chi connectivity index (χ1) is 21.9. The Hall–Kier alpha value is -3.83. The third kappa shape index (κ3) is 6.95. The number of H-pyrrole nitrogens is 1. The lowest BCUT2D eigenvalue weighted by Crippen LogP contribution is -2.38. The van der Waals surface area contributed by atoms with Crippen LogP contribution >= 0.6 is 37.1 Å². The van der Waals surface area contributed by atoms with E-state index in [4.69, 9.17) is 14.2 Å². The van der Waals surface area contributed by atoms with Gasteiger partial charge in [-0.25, -0.2) is 13.2 Å². The number of anilines is 2. The number of aromatic nitrogens is 1. The summed E-state index contributed by atoms with van der Waals surface area (Å²) >= 11 is 4.84. The normalized spacial score (nSPS) is 15.3. The van der Waals surface area contributed by atoms with Gasteiger partial charge >= 0.3 is 6.09 Å². The first-order valence-electron chi connectivity index (χ1n) is 14.0. The summed E-state index contributed by atoms with van der Waals surface area (Å²) in [5.41, 5.74) is 1.48. The van der Waals surface area contributed by atoms with Gasteiger partial charge in [-0.2, -0.15) is 0 Å². The van der Waals surface area contributed by atoms with Crippen LogP contribution in [-0.2, 0) is 16.5 Å². The number of methoxy groups -OCH3 is 3. The van der Waals surface area contributed by atoms with Gasteiger partial charge in [0.1, 0.15) is 6.04 Å². The lowest BCUT2D eigenvalue weighted by Gasteiger charge is -2.31. The number of hydrogen-bond acceptors (Lipinski definition) is 9. The van der Waals surface area contributed by atoms with Crippen LogP contribution in [0.25, 0.3) is 10.8 Å². The summed E-state index contributed by atoms with van der Waals surface area (Å²) in [6, 6.07) is 13.2. The Balaban J connectivity index is 1.60. The summed E-state index contributed by atoms with van der Waals surface area (Å²) in [5.74, 6) is 0.558. The molecule has 2 heterocycles. The van der Waals surface area contributed by atoms with Gasteiger partial charge in [0.2, 0.25) is 12.9 Å². The van der Waals surface area contributed by atoms with Crippen molar-refractivity contribution in [3.05, 3.63) is 86.7 Å². The van der Waals surface area contributed by atoms with Gasteiger partial charge in [0.05, 0.1) is 58.9 Å². The molecule has 3 aromatic carbocycles. The van der Waals surface area contributed by atoms with Crippen molar-refractivity contribution in [1.82, 2.24) is 9.88 Å². The van der Waals surface area contributed by atoms with Crippen molar-refractivity contribution in [2.75, 3.05) is 38.5 Å². The maximum atomic E-state index is 14.6. The number of ether oxygens (including phenoxy) is 3. The minimum absolute atomic E-state index is 0.0446. The molecular formula is C31H30BrIN4O8S. The molecule has 3 N–H and O–H groups in total. The molecule has 1 aliphatic rings. The monoisotopic (exact) mass is 824 g/mol. The topological polar surface area (TPSA) is 156 Å². The van der Waals surface area contributed by atoms with Crippen LogP contribution in [0.5, 0.6) is 11.5 Å². The molecule has 1 saturated heterocycles. The zero-order valence-electron chi connectivity index (χ0n) is 24.9. The third-order valence-corrected chi connectivity index (χ3v) is 10.7. The number of nitrogens with one attached hydrogen (secondary N) is 3. The van der Waals surface area contributed by atoms with Gasteiger partial charge in [-0.15, -0.1) is 0 Å². The van der Waals surface area contributed by atoms with Gasteiger partial charge in [-0.05, 0) is 82.4 Å². The molecule has 0 unspecified atom stereocenters. The lowest BCUT2D eigenvalue weighted by molar-refractivity contribution is -0.133.